The Morgan fingerprint density at radius 2 is 1.83 bits per heavy atom. The van der Waals surface area contributed by atoms with Crippen molar-refractivity contribution in [2.45, 2.75) is 19.3 Å². The molecular formula is C18H26IN3OS. The van der Waals surface area contributed by atoms with Crippen LogP contribution in [0, 0.1) is 0 Å². The fraction of sp³-hybridized carbons (Fsp3) is 0.389. The molecule has 1 aromatic heterocycles. The van der Waals surface area contributed by atoms with E-state index in [4.69, 9.17) is 4.74 Å². The molecule has 0 bridgehead atoms. The van der Waals surface area contributed by atoms with Gasteiger partial charge in [-0.3, -0.25) is 4.99 Å². The maximum atomic E-state index is 5.17. The number of aryl methyl sites for hydroxylation is 1. The largest absolute Gasteiger partial charge is 0.497 e. The van der Waals surface area contributed by atoms with E-state index in [2.05, 4.69) is 45.3 Å². The summed E-state index contributed by atoms with van der Waals surface area (Å²) in [5.74, 6) is 1.78. The maximum Gasteiger partial charge on any atom is 0.190 e. The van der Waals surface area contributed by atoms with Crippen molar-refractivity contribution in [2.24, 2.45) is 4.99 Å². The minimum Gasteiger partial charge on any atom is -0.497 e. The zero-order chi connectivity index (χ0) is 16.3. The quantitative estimate of drug-likeness (QED) is 0.274. The number of thiophene rings is 1. The van der Waals surface area contributed by atoms with E-state index in [1.165, 1.54) is 10.4 Å². The highest BCUT2D eigenvalue weighted by atomic mass is 127. The maximum absolute atomic E-state index is 5.17. The highest BCUT2D eigenvalue weighted by molar-refractivity contribution is 14.0. The van der Waals surface area contributed by atoms with Crippen molar-refractivity contribution in [1.82, 2.24) is 10.6 Å². The van der Waals surface area contributed by atoms with Gasteiger partial charge in [0.2, 0.25) is 0 Å². The van der Waals surface area contributed by atoms with Crippen molar-refractivity contribution in [2.75, 3.05) is 27.2 Å². The first kappa shape index (κ1) is 20.8. The summed E-state index contributed by atoms with van der Waals surface area (Å²) < 4.78 is 5.17. The Morgan fingerprint density at radius 1 is 1.08 bits per heavy atom. The molecule has 0 saturated carbocycles. The van der Waals surface area contributed by atoms with Crippen LogP contribution in [0.4, 0.5) is 0 Å². The highest BCUT2D eigenvalue weighted by Crippen LogP contribution is 2.12. The molecule has 2 N–H and O–H groups in total. The van der Waals surface area contributed by atoms with Gasteiger partial charge in [0, 0.05) is 25.0 Å². The Hall–Kier alpha value is -1.28. The van der Waals surface area contributed by atoms with Crippen LogP contribution in [0.5, 0.6) is 5.75 Å². The Labute approximate surface area is 165 Å². The van der Waals surface area contributed by atoms with Crippen LogP contribution in [0.25, 0.3) is 0 Å². The topological polar surface area (TPSA) is 45.7 Å². The van der Waals surface area contributed by atoms with Crippen LogP contribution in [0.15, 0.2) is 46.8 Å². The summed E-state index contributed by atoms with van der Waals surface area (Å²) >= 11 is 1.79. The van der Waals surface area contributed by atoms with Gasteiger partial charge in [-0.25, -0.2) is 0 Å². The number of nitrogens with one attached hydrogen (secondary N) is 2. The molecule has 0 aliphatic carbocycles. The van der Waals surface area contributed by atoms with Gasteiger partial charge < -0.3 is 15.4 Å². The number of rotatable bonds is 8. The first-order valence-corrected chi connectivity index (χ1v) is 8.79. The standard InChI is InChI=1S/C18H25N3OS.HI/c1-19-18(21-13-11-17-6-4-14-23-17)20-12-3-5-15-7-9-16(22-2)10-8-15;/h4,6-10,14H,3,5,11-13H2,1-2H3,(H2,19,20,21);1H. The average molecular weight is 459 g/mol. The van der Waals surface area contributed by atoms with Gasteiger partial charge in [0.15, 0.2) is 5.96 Å². The van der Waals surface area contributed by atoms with Gasteiger partial charge in [0.1, 0.15) is 5.75 Å². The molecule has 0 amide bonds. The van der Waals surface area contributed by atoms with E-state index < -0.39 is 0 Å². The monoisotopic (exact) mass is 459 g/mol. The van der Waals surface area contributed by atoms with Crippen molar-refractivity contribution >= 4 is 41.3 Å². The molecule has 0 unspecified atom stereocenters. The summed E-state index contributed by atoms with van der Waals surface area (Å²) in [5.41, 5.74) is 1.33. The third-order valence-corrected chi connectivity index (χ3v) is 4.50. The summed E-state index contributed by atoms with van der Waals surface area (Å²) in [6.07, 6.45) is 3.14. The van der Waals surface area contributed by atoms with E-state index in [0.29, 0.717) is 0 Å². The normalized spacial score (nSPS) is 10.8. The van der Waals surface area contributed by atoms with Crippen LogP contribution < -0.4 is 15.4 Å². The predicted molar refractivity (Wildman–Crippen MR) is 114 cm³/mol. The van der Waals surface area contributed by atoms with Gasteiger partial charge in [-0.2, -0.15) is 0 Å². The Balaban J connectivity index is 0.00000288. The molecule has 24 heavy (non-hydrogen) atoms. The van der Waals surface area contributed by atoms with Crippen LogP contribution in [0.1, 0.15) is 16.9 Å². The van der Waals surface area contributed by atoms with E-state index >= 15 is 0 Å². The molecule has 0 atom stereocenters. The molecule has 0 aliphatic heterocycles. The highest BCUT2D eigenvalue weighted by Gasteiger charge is 1.99. The van der Waals surface area contributed by atoms with Crippen molar-refractivity contribution in [3.05, 3.63) is 52.2 Å². The average Bonchev–Trinajstić information content (AvgIpc) is 3.11. The number of halogens is 1. The minimum absolute atomic E-state index is 0. The zero-order valence-corrected chi connectivity index (χ0v) is 17.4. The lowest BCUT2D eigenvalue weighted by Gasteiger charge is -2.11. The molecule has 0 aliphatic rings. The molecule has 1 heterocycles. The number of ether oxygens (including phenoxy) is 1. The molecule has 2 rings (SSSR count). The second-order valence-corrected chi connectivity index (χ2v) is 6.24. The Morgan fingerprint density at radius 3 is 2.46 bits per heavy atom. The van der Waals surface area contributed by atoms with E-state index in [1.807, 2.05) is 19.2 Å². The van der Waals surface area contributed by atoms with Crippen molar-refractivity contribution < 1.29 is 4.74 Å². The van der Waals surface area contributed by atoms with E-state index in [-0.39, 0.29) is 24.0 Å². The minimum atomic E-state index is 0. The van der Waals surface area contributed by atoms with E-state index in [1.54, 1.807) is 18.4 Å². The summed E-state index contributed by atoms with van der Waals surface area (Å²) in [4.78, 5) is 5.65. The Bertz CT molecular complexity index is 585. The molecule has 0 saturated heterocycles. The predicted octanol–water partition coefficient (Wildman–Crippen LogP) is 3.72. The second-order valence-electron chi connectivity index (χ2n) is 5.21. The van der Waals surface area contributed by atoms with Gasteiger partial charge in [-0.1, -0.05) is 18.2 Å². The van der Waals surface area contributed by atoms with E-state index in [9.17, 15) is 0 Å². The number of aliphatic imine (C=N–C) groups is 1. The number of guanidine groups is 1. The number of hydrogen-bond acceptors (Lipinski definition) is 3. The summed E-state index contributed by atoms with van der Waals surface area (Å²) in [5, 5.41) is 8.82. The van der Waals surface area contributed by atoms with Gasteiger partial charge in [-0.15, -0.1) is 35.3 Å². The molecule has 0 spiro atoms. The first-order chi connectivity index (χ1) is 11.3. The van der Waals surface area contributed by atoms with Crippen LogP contribution in [0.3, 0.4) is 0 Å². The third-order valence-electron chi connectivity index (χ3n) is 3.56. The van der Waals surface area contributed by atoms with Crippen molar-refractivity contribution in [1.29, 1.82) is 0 Å². The van der Waals surface area contributed by atoms with Crippen LogP contribution in [-0.4, -0.2) is 33.2 Å². The number of methoxy groups -OCH3 is 1. The van der Waals surface area contributed by atoms with Crippen molar-refractivity contribution in [3.8, 4) is 5.75 Å². The molecular weight excluding hydrogens is 433 g/mol. The SMILES string of the molecule is CN=C(NCCCc1ccc(OC)cc1)NCCc1cccs1.I. The molecule has 4 nitrogen and oxygen atoms in total. The summed E-state index contributed by atoms with van der Waals surface area (Å²) in [7, 11) is 3.50. The van der Waals surface area contributed by atoms with Crippen LogP contribution in [0.2, 0.25) is 0 Å². The molecule has 0 fully saturated rings. The molecule has 0 radical (unpaired) electrons. The fourth-order valence-electron chi connectivity index (χ4n) is 2.27. The number of nitrogens with zero attached hydrogens (tertiary/aromatic N) is 1. The first-order valence-electron chi connectivity index (χ1n) is 7.91. The Kier molecular flexibility index (Phi) is 10.5. The molecule has 6 heteroatoms. The fourth-order valence-corrected chi connectivity index (χ4v) is 2.98. The molecule has 1 aromatic carbocycles. The van der Waals surface area contributed by atoms with Crippen molar-refractivity contribution in [3.63, 3.8) is 0 Å². The number of benzene rings is 1. The van der Waals surface area contributed by atoms with Gasteiger partial charge >= 0.3 is 0 Å². The third kappa shape index (κ3) is 7.53. The summed E-state index contributed by atoms with van der Waals surface area (Å²) in [6.45, 7) is 1.81. The van der Waals surface area contributed by atoms with E-state index in [0.717, 1.165) is 44.1 Å². The lowest BCUT2D eigenvalue weighted by atomic mass is 10.1. The second kappa shape index (κ2) is 12.1. The van der Waals surface area contributed by atoms with Gasteiger partial charge in [-0.05, 0) is 48.4 Å². The van der Waals surface area contributed by atoms with Crippen LogP contribution >= 0.6 is 35.3 Å². The zero-order valence-electron chi connectivity index (χ0n) is 14.2. The van der Waals surface area contributed by atoms with Gasteiger partial charge in [0.05, 0.1) is 7.11 Å². The lowest BCUT2D eigenvalue weighted by Crippen LogP contribution is -2.38. The summed E-state index contributed by atoms with van der Waals surface area (Å²) in [6, 6.07) is 12.5. The smallest absolute Gasteiger partial charge is 0.190 e. The molecule has 132 valence electrons. The van der Waals surface area contributed by atoms with Crippen LogP contribution in [-0.2, 0) is 12.8 Å². The molecule has 2 aromatic rings. The number of hydrogen-bond donors (Lipinski definition) is 2. The lowest BCUT2D eigenvalue weighted by molar-refractivity contribution is 0.414. The van der Waals surface area contributed by atoms with Gasteiger partial charge in [0.25, 0.3) is 0 Å².